The molecule has 0 atom stereocenters. The Morgan fingerprint density at radius 2 is 1.91 bits per heavy atom. The smallest absolute Gasteiger partial charge is 0.329 e. The Bertz CT molecular complexity index is 771. The number of aliphatic carboxylic acids is 1. The van der Waals surface area contributed by atoms with Crippen LogP contribution in [0.3, 0.4) is 0 Å². The minimum absolute atomic E-state index is 0.168. The first-order valence-electron chi connectivity index (χ1n) is 7.57. The van der Waals surface area contributed by atoms with E-state index in [0.29, 0.717) is 24.4 Å². The molecule has 0 bridgehead atoms. The van der Waals surface area contributed by atoms with Crippen molar-refractivity contribution in [3.8, 4) is 0 Å². The largest absolute Gasteiger partial charge is 0.480 e. The predicted molar refractivity (Wildman–Crippen MR) is 83.6 cm³/mol. The molecule has 0 saturated carbocycles. The van der Waals surface area contributed by atoms with Gasteiger partial charge in [-0.1, -0.05) is 18.2 Å². The van der Waals surface area contributed by atoms with E-state index in [2.05, 4.69) is 5.32 Å². The van der Waals surface area contributed by atoms with Gasteiger partial charge >= 0.3 is 5.97 Å². The summed E-state index contributed by atoms with van der Waals surface area (Å²) in [5, 5.41) is 13.1. The average molecular weight is 317 g/mol. The second-order valence-electron chi connectivity index (χ2n) is 5.96. The van der Waals surface area contributed by atoms with Gasteiger partial charge in [-0.25, -0.2) is 4.79 Å². The molecule has 1 saturated heterocycles. The third-order valence-electron chi connectivity index (χ3n) is 4.48. The van der Waals surface area contributed by atoms with Crippen molar-refractivity contribution in [1.82, 2.24) is 5.32 Å². The van der Waals surface area contributed by atoms with Crippen LogP contribution in [0.4, 0.5) is 0 Å². The molecule has 6 heteroatoms. The minimum atomic E-state index is -1.30. The van der Waals surface area contributed by atoms with Crippen LogP contribution in [0.2, 0.25) is 0 Å². The average Bonchev–Trinajstić information content (AvgIpc) is 2.87. The fourth-order valence-electron chi connectivity index (χ4n) is 2.99. The van der Waals surface area contributed by atoms with Crippen LogP contribution in [0.5, 0.6) is 0 Å². The SMILES string of the molecule is Cc1c(C(=O)NC2(C(=O)O)CCOCC2)oc2c(C)cccc12. The lowest BCUT2D eigenvalue weighted by molar-refractivity contribution is -0.148. The van der Waals surface area contributed by atoms with E-state index in [4.69, 9.17) is 9.15 Å². The van der Waals surface area contributed by atoms with Crippen LogP contribution in [-0.4, -0.2) is 35.7 Å². The minimum Gasteiger partial charge on any atom is -0.480 e. The maximum atomic E-state index is 12.6. The topological polar surface area (TPSA) is 88.8 Å². The molecule has 2 N–H and O–H groups in total. The molecule has 2 heterocycles. The number of hydrogen-bond acceptors (Lipinski definition) is 4. The van der Waals surface area contributed by atoms with Crippen molar-refractivity contribution in [2.45, 2.75) is 32.2 Å². The first kappa shape index (κ1) is 15.6. The standard InChI is InChI=1S/C17H19NO5/c1-10-4-3-5-12-11(2)14(23-13(10)12)15(19)18-17(16(20)21)6-8-22-9-7-17/h3-5H,6-9H2,1-2H3,(H,18,19)(H,20,21). The molecule has 3 rings (SSSR count). The summed E-state index contributed by atoms with van der Waals surface area (Å²) in [6.45, 7) is 4.33. The van der Waals surface area contributed by atoms with Gasteiger partial charge in [0.05, 0.1) is 0 Å². The summed E-state index contributed by atoms with van der Waals surface area (Å²) in [4.78, 5) is 24.3. The molecule has 0 radical (unpaired) electrons. The van der Waals surface area contributed by atoms with E-state index in [0.717, 1.165) is 10.9 Å². The fraction of sp³-hybridized carbons (Fsp3) is 0.412. The lowest BCUT2D eigenvalue weighted by atomic mass is 9.90. The number of ether oxygens (including phenoxy) is 1. The van der Waals surface area contributed by atoms with Gasteiger partial charge in [-0.3, -0.25) is 4.79 Å². The number of carboxylic acids is 1. The first-order chi connectivity index (χ1) is 10.9. The normalized spacial score (nSPS) is 17.1. The number of rotatable bonds is 3. The number of fused-ring (bicyclic) bond motifs is 1. The lowest BCUT2D eigenvalue weighted by Gasteiger charge is -2.33. The molecule has 0 aliphatic carbocycles. The summed E-state index contributed by atoms with van der Waals surface area (Å²) in [6.07, 6.45) is 0.485. The van der Waals surface area contributed by atoms with E-state index in [1.54, 1.807) is 6.92 Å². The summed E-state index contributed by atoms with van der Waals surface area (Å²) in [5.74, 6) is -1.37. The number of carbonyl (C=O) groups is 2. The number of hydrogen-bond donors (Lipinski definition) is 2. The Labute approximate surface area is 133 Å². The molecular weight excluding hydrogens is 298 g/mol. The molecule has 1 amide bonds. The summed E-state index contributed by atoms with van der Waals surface area (Å²) < 4.78 is 10.9. The summed E-state index contributed by atoms with van der Waals surface area (Å²) in [6, 6.07) is 5.70. The maximum absolute atomic E-state index is 12.6. The zero-order valence-corrected chi connectivity index (χ0v) is 13.1. The van der Waals surface area contributed by atoms with Gasteiger partial charge in [0.1, 0.15) is 11.1 Å². The zero-order valence-electron chi connectivity index (χ0n) is 13.1. The van der Waals surface area contributed by atoms with Gasteiger partial charge in [0, 0.05) is 37.0 Å². The molecular formula is C17H19NO5. The molecule has 2 aromatic rings. The number of furan rings is 1. The highest BCUT2D eigenvalue weighted by Crippen LogP contribution is 2.29. The van der Waals surface area contributed by atoms with E-state index in [9.17, 15) is 14.7 Å². The first-order valence-corrected chi connectivity index (χ1v) is 7.57. The van der Waals surface area contributed by atoms with Crippen LogP contribution in [0.25, 0.3) is 11.0 Å². The van der Waals surface area contributed by atoms with Gasteiger partial charge in [0.2, 0.25) is 0 Å². The lowest BCUT2D eigenvalue weighted by Crippen LogP contribution is -2.57. The highest BCUT2D eigenvalue weighted by atomic mass is 16.5. The zero-order chi connectivity index (χ0) is 16.6. The number of nitrogens with one attached hydrogen (secondary N) is 1. The van der Waals surface area contributed by atoms with Gasteiger partial charge in [-0.05, 0) is 19.4 Å². The molecule has 1 aromatic carbocycles. The van der Waals surface area contributed by atoms with Gasteiger partial charge in [-0.2, -0.15) is 0 Å². The van der Waals surface area contributed by atoms with E-state index in [-0.39, 0.29) is 18.6 Å². The van der Waals surface area contributed by atoms with Crippen LogP contribution in [0.15, 0.2) is 22.6 Å². The quantitative estimate of drug-likeness (QED) is 0.907. The molecule has 1 aliphatic heterocycles. The van der Waals surface area contributed by atoms with Crippen LogP contribution >= 0.6 is 0 Å². The highest BCUT2D eigenvalue weighted by Gasteiger charge is 2.42. The van der Waals surface area contributed by atoms with Crippen LogP contribution in [-0.2, 0) is 9.53 Å². The number of amides is 1. The van der Waals surface area contributed by atoms with Crippen molar-refractivity contribution in [2.75, 3.05) is 13.2 Å². The van der Waals surface area contributed by atoms with Crippen LogP contribution in [0.1, 0.15) is 34.5 Å². The Morgan fingerprint density at radius 3 is 2.52 bits per heavy atom. The number of carboxylic acid groups (broad SMARTS) is 1. The van der Waals surface area contributed by atoms with Crippen LogP contribution in [0, 0.1) is 13.8 Å². The van der Waals surface area contributed by atoms with Gasteiger partial charge in [0.25, 0.3) is 5.91 Å². The summed E-state index contributed by atoms with van der Waals surface area (Å²) in [7, 11) is 0. The molecule has 0 unspecified atom stereocenters. The number of aryl methyl sites for hydroxylation is 2. The third-order valence-corrected chi connectivity index (χ3v) is 4.48. The van der Waals surface area contributed by atoms with Crippen molar-refractivity contribution in [3.63, 3.8) is 0 Å². The number of para-hydroxylation sites is 1. The van der Waals surface area contributed by atoms with Gasteiger partial charge in [-0.15, -0.1) is 0 Å². The van der Waals surface area contributed by atoms with Crippen molar-refractivity contribution < 1.29 is 23.8 Å². The molecule has 122 valence electrons. The third kappa shape index (κ3) is 2.59. The predicted octanol–water partition coefficient (Wildman–Crippen LogP) is 2.41. The van der Waals surface area contributed by atoms with Crippen molar-refractivity contribution >= 4 is 22.8 Å². The van der Waals surface area contributed by atoms with Gasteiger partial charge in [0.15, 0.2) is 5.76 Å². The van der Waals surface area contributed by atoms with E-state index in [1.165, 1.54) is 0 Å². The number of benzene rings is 1. The van der Waals surface area contributed by atoms with Crippen molar-refractivity contribution in [3.05, 3.63) is 35.1 Å². The van der Waals surface area contributed by atoms with Crippen LogP contribution < -0.4 is 5.32 Å². The molecule has 1 aromatic heterocycles. The highest BCUT2D eigenvalue weighted by molar-refractivity contribution is 6.01. The summed E-state index contributed by atoms with van der Waals surface area (Å²) >= 11 is 0. The maximum Gasteiger partial charge on any atom is 0.329 e. The molecule has 0 spiro atoms. The fourth-order valence-corrected chi connectivity index (χ4v) is 2.99. The molecule has 1 aliphatic rings. The van der Waals surface area contributed by atoms with Gasteiger partial charge < -0.3 is 19.6 Å². The monoisotopic (exact) mass is 317 g/mol. The van der Waals surface area contributed by atoms with E-state index in [1.807, 2.05) is 25.1 Å². The van der Waals surface area contributed by atoms with Crippen molar-refractivity contribution in [2.24, 2.45) is 0 Å². The van der Waals surface area contributed by atoms with E-state index >= 15 is 0 Å². The number of carbonyl (C=O) groups excluding carboxylic acids is 1. The molecule has 23 heavy (non-hydrogen) atoms. The second kappa shape index (κ2) is 5.70. The Kier molecular flexibility index (Phi) is 3.85. The molecule has 6 nitrogen and oxygen atoms in total. The Balaban J connectivity index is 1.95. The second-order valence-corrected chi connectivity index (χ2v) is 5.96. The Hall–Kier alpha value is -2.34. The Morgan fingerprint density at radius 1 is 1.22 bits per heavy atom. The van der Waals surface area contributed by atoms with E-state index < -0.39 is 17.4 Å². The summed E-state index contributed by atoms with van der Waals surface area (Å²) in [5.41, 5.74) is 1.01. The molecule has 1 fully saturated rings. The van der Waals surface area contributed by atoms with Crippen molar-refractivity contribution in [1.29, 1.82) is 0 Å².